The fourth-order valence-corrected chi connectivity index (χ4v) is 1.79. The number of rotatable bonds is 7. The van der Waals surface area contributed by atoms with Crippen LogP contribution in [-0.4, -0.2) is 32.7 Å². The summed E-state index contributed by atoms with van der Waals surface area (Å²) in [5, 5.41) is 6.07. The highest BCUT2D eigenvalue weighted by Crippen LogP contribution is 2.14. The van der Waals surface area contributed by atoms with Crippen molar-refractivity contribution in [1.82, 2.24) is 5.32 Å². The minimum Gasteiger partial charge on any atom is -0.383 e. The summed E-state index contributed by atoms with van der Waals surface area (Å²) in [6.07, 6.45) is 0.419. The van der Waals surface area contributed by atoms with Gasteiger partial charge in [0.25, 0.3) is 0 Å². The van der Waals surface area contributed by atoms with E-state index in [-0.39, 0.29) is 11.9 Å². The highest BCUT2D eigenvalue weighted by molar-refractivity contribution is 5.78. The van der Waals surface area contributed by atoms with Gasteiger partial charge in [0.05, 0.1) is 19.1 Å². The van der Waals surface area contributed by atoms with Crippen molar-refractivity contribution in [2.24, 2.45) is 5.92 Å². The second-order valence-corrected chi connectivity index (χ2v) is 5.00. The van der Waals surface area contributed by atoms with Crippen LogP contribution in [0.1, 0.15) is 19.4 Å². The van der Waals surface area contributed by atoms with Gasteiger partial charge in [0, 0.05) is 19.8 Å². The molecule has 19 heavy (non-hydrogen) atoms. The number of methoxy groups -OCH3 is 1. The van der Waals surface area contributed by atoms with Crippen molar-refractivity contribution >= 4 is 11.6 Å². The van der Waals surface area contributed by atoms with Gasteiger partial charge < -0.3 is 15.4 Å². The molecule has 1 unspecified atom stereocenters. The Balaban J connectivity index is 2.62. The first-order valence-corrected chi connectivity index (χ1v) is 6.61. The summed E-state index contributed by atoms with van der Waals surface area (Å²) < 4.78 is 5.21. The molecule has 4 heteroatoms. The Bertz CT molecular complexity index is 388. The summed E-state index contributed by atoms with van der Waals surface area (Å²) in [6.45, 7) is 5.00. The first kappa shape index (κ1) is 15.5. The Morgan fingerprint density at radius 1 is 1.26 bits per heavy atom. The van der Waals surface area contributed by atoms with Gasteiger partial charge in [-0.3, -0.25) is 4.79 Å². The van der Waals surface area contributed by atoms with E-state index in [1.54, 1.807) is 14.2 Å². The molecule has 0 heterocycles. The highest BCUT2D eigenvalue weighted by Gasteiger charge is 2.12. The molecule has 1 aromatic rings. The molecule has 0 spiro atoms. The van der Waals surface area contributed by atoms with Crippen LogP contribution >= 0.6 is 0 Å². The molecule has 0 saturated carbocycles. The van der Waals surface area contributed by atoms with E-state index in [1.165, 1.54) is 0 Å². The second-order valence-electron chi connectivity index (χ2n) is 5.00. The molecule has 0 bridgehead atoms. The van der Waals surface area contributed by atoms with Crippen LogP contribution in [-0.2, 0) is 16.0 Å². The fourth-order valence-electron chi connectivity index (χ4n) is 1.79. The van der Waals surface area contributed by atoms with E-state index in [0.717, 1.165) is 11.3 Å². The number of likely N-dealkylation sites (N-methyl/N-ethyl adjacent to an activating group) is 1. The zero-order valence-corrected chi connectivity index (χ0v) is 12.2. The number of carbonyl (C=O) groups is 1. The van der Waals surface area contributed by atoms with Crippen molar-refractivity contribution in [2.45, 2.75) is 26.3 Å². The second kappa shape index (κ2) is 7.79. The van der Waals surface area contributed by atoms with Crippen LogP contribution in [0.25, 0.3) is 0 Å². The largest absolute Gasteiger partial charge is 0.383 e. The van der Waals surface area contributed by atoms with Gasteiger partial charge in [0.15, 0.2) is 0 Å². The summed E-state index contributed by atoms with van der Waals surface area (Å²) in [4.78, 5) is 11.3. The van der Waals surface area contributed by atoms with Gasteiger partial charge in [0.1, 0.15) is 0 Å². The average Bonchev–Trinajstić information content (AvgIpc) is 2.40. The molecule has 4 nitrogen and oxygen atoms in total. The molecule has 106 valence electrons. The number of benzene rings is 1. The van der Waals surface area contributed by atoms with E-state index in [0.29, 0.717) is 18.9 Å². The smallest absolute Gasteiger partial charge is 0.224 e. The van der Waals surface area contributed by atoms with E-state index < -0.39 is 0 Å². The molecule has 0 aliphatic rings. The van der Waals surface area contributed by atoms with Crippen molar-refractivity contribution in [3.8, 4) is 0 Å². The first-order valence-electron chi connectivity index (χ1n) is 6.61. The molecular formula is C15H24N2O2. The Morgan fingerprint density at radius 2 is 1.89 bits per heavy atom. The number of hydrogen-bond acceptors (Lipinski definition) is 3. The van der Waals surface area contributed by atoms with Gasteiger partial charge in [0.2, 0.25) is 5.91 Å². The van der Waals surface area contributed by atoms with Crippen molar-refractivity contribution in [3.05, 3.63) is 29.8 Å². The number of amides is 1. The minimum absolute atomic E-state index is 0.0279. The predicted octanol–water partition coefficient (Wildman–Crippen LogP) is 2.06. The molecule has 0 radical (unpaired) electrons. The van der Waals surface area contributed by atoms with Crippen LogP contribution in [0.3, 0.4) is 0 Å². The molecule has 0 aliphatic carbocycles. The van der Waals surface area contributed by atoms with Crippen molar-refractivity contribution in [1.29, 1.82) is 0 Å². The van der Waals surface area contributed by atoms with E-state index in [1.807, 2.05) is 24.3 Å². The molecule has 0 saturated heterocycles. The molecule has 1 atom stereocenters. The van der Waals surface area contributed by atoms with E-state index in [9.17, 15) is 4.79 Å². The Labute approximate surface area is 115 Å². The average molecular weight is 264 g/mol. The van der Waals surface area contributed by atoms with Crippen LogP contribution in [0.15, 0.2) is 24.3 Å². The number of nitrogens with one attached hydrogen (secondary N) is 2. The lowest BCUT2D eigenvalue weighted by Crippen LogP contribution is -2.30. The normalized spacial score (nSPS) is 12.3. The predicted molar refractivity (Wildman–Crippen MR) is 78.3 cm³/mol. The van der Waals surface area contributed by atoms with Gasteiger partial charge in [-0.1, -0.05) is 26.0 Å². The molecule has 1 aromatic carbocycles. The third kappa shape index (κ3) is 5.30. The summed E-state index contributed by atoms with van der Waals surface area (Å²) >= 11 is 0. The van der Waals surface area contributed by atoms with Crippen LogP contribution in [0.5, 0.6) is 0 Å². The zero-order valence-electron chi connectivity index (χ0n) is 12.2. The lowest BCUT2D eigenvalue weighted by atomic mass is 10.0. The molecule has 0 fully saturated rings. The van der Waals surface area contributed by atoms with Crippen LogP contribution in [0, 0.1) is 5.92 Å². The molecule has 1 rings (SSSR count). The monoisotopic (exact) mass is 264 g/mol. The summed E-state index contributed by atoms with van der Waals surface area (Å²) in [6, 6.07) is 8.24. The SMILES string of the molecule is CNC(=O)Cc1ccc(NC(COC)C(C)C)cc1. The lowest BCUT2D eigenvalue weighted by molar-refractivity contribution is -0.119. The van der Waals surface area contributed by atoms with Gasteiger partial charge in [-0.2, -0.15) is 0 Å². The Hall–Kier alpha value is -1.55. The number of ether oxygens (including phenoxy) is 1. The topological polar surface area (TPSA) is 50.4 Å². The van der Waals surface area contributed by atoms with E-state index in [4.69, 9.17) is 4.74 Å². The highest BCUT2D eigenvalue weighted by atomic mass is 16.5. The van der Waals surface area contributed by atoms with Gasteiger partial charge >= 0.3 is 0 Å². The van der Waals surface area contributed by atoms with Crippen LogP contribution in [0.2, 0.25) is 0 Å². The van der Waals surface area contributed by atoms with Crippen LogP contribution in [0.4, 0.5) is 5.69 Å². The molecular weight excluding hydrogens is 240 g/mol. The maximum absolute atomic E-state index is 11.3. The van der Waals surface area contributed by atoms with Crippen molar-refractivity contribution in [2.75, 3.05) is 26.1 Å². The summed E-state index contributed by atoms with van der Waals surface area (Å²) in [5.41, 5.74) is 2.06. The number of carbonyl (C=O) groups excluding carboxylic acids is 1. The first-order chi connectivity index (χ1) is 9.06. The summed E-state index contributed by atoms with van der Waals surface area (Å²) in [7, 11) is 3.36. The molecule has 2 N–H and O–H groups in total. The summed E-state index contributed by atoms with van der Waals surface area (Å²) in [5.74, 6) is 0.519. The quantitative estimate of drug-likeness (QED) is 0.792. The van der Waals surface area contributed by atoms with E-state index >= 15 is 0 Å². The standard InChI is InChI=1S/C15H24N2O2/c1-11(2)14(10-19-4)17-13-7-5-12(6-8-13)9-15(18)16-3/h5-8,11,14,17H,9-10H2,1-4H3,(H,16,18). The molecule has 0 aromatic heterocycles. The minimum atomic E-state index is 0.0279. The van der Waals surface area contributed by atoms with Gasteiger partial charge in [-0.15, -0.1) is 0 Å². The third-order valence-corrected chi connectivity index (χ3v) is 3.10. The Kier molecular flexibility index (Phi) is 6.36. The maximum atomic E-state index is 11.3. The van der Waals surface area contributed by atoms with Crippen molar-refractivity contribution < 1.29 is 9.53 Å². The van der Waals surface area contributed by atoms with Gasteiger partial charge in [-0.05, 0) is 23.6 Å². The van der Waals surface area contributed by atoms with Gasteiger partial charge in [-0.25, -0.2) is 0 Å². The number of anilines is 1. The molecule has 1 amide bonds. The van der Waals surface area contributed by atoms with Crippen molar-refractivity contribution in [3.63, 3.8) is 0 Å². The Morgan fingerprint density at radius 3 is 2.37 bits per heavy atom. The van der Waals surface area contributed by atoms with E-state index in [2.05, 4.69) is 24.5 Å². The fraction of sp³-hybridized carbons (Fsp3) is 0.533. The lowest BCUT2D eigenvalue weighted by Gasteiger charge is -2.22. The molecule has 0 aliphatic heterocycles. The third-order valence-electron chi connectivity index (χ3n) is 3.10. The number of hydrogen-bond donors (Lipinski definition) is 2. The van der Waals surface area contributed by atoms with Crippen LogP contribution < -0.4 is 10.6 Å². The maximum Gasteiger partial charge on any atom is 0.224 e. The zero-order chi connectivity index (χ0) is 14.3.